The van der Waals surface area contributed by atoms with E-state index in [4.69, 9.17) is 4.74 Å². The van der Waals surface area contributed by atoms with Crippen molar-refractivity contribution in [3.63, 3.8) is 0 Å². The van der Waals surface area contributed by atoms with Gasteiger partial charge >= 0.3 is 5.97 Å². The molecule has 114 valence electrons. The van der Waals surface area contributed by atoms with E-state index in [1.54, 1.807) is 23.7 Å². The van der Waals surface area contributed by atoms with E-state index in [0.717, 1.165) is 0 Å². The summed E-state index contributed by atoms with van der Waals surface area (Å²) in [7, 11) is 1.76. The van der Waals surface area contributed by atoms with Crippen LogP contribution in [0.15, 0.2) is 29.4 Å². The molecule has 3 rings (SSSR count). The summed E-state index contributed by atoms with van der Waals surface area (Å²) in [6.45, 7) is 0.423. The summed E-state index contributed by atoms with van der Waals surface area (Å²) in [6.07, 6.45) is 0.641. The summed E-state index contributed by atoms with van der Waals surface area (Å²) in [5.41, 5.74) is 0.596. The predicted octanol–water partition coefficient (Wildman–Crippen LogP) is 1.80. The van der Waals surface area contributed by atoms with Crippen molar-refractivity contribution < 1.29 is 14.5 Å². The van der Waals surface area contributed by atoms with Gasteiger partial charge in [-0.05, 0) is 0 Å². The highest BCUT2D eigenvalue weighted by Gasteiger charge is 2.29. The fraction of sp³-hybridized carbons (Fsp3) is 0.308. The van der Waals surface area contributed by atoms with Crippen molar-refractivity contribution >= 4 is 23.4 Å². The first-order chi connectivity index (χ1) is 10.6. The Bertz CT molecular complexity index is 745. The van der Waals surface area contributed by atoms with Crippen molar-refractivity contribution in [1.29, 1.82) is 0 Å². The van der Waals surface area contributed by atoms with Crippen molar-refractivity contribution in [1.82, 2.24) is 14.8 Å². The van der Waals surface area contributed by atoms with E-state index < -0.39 is 4.92 Å². The maximum Gasteiger partial charge on any atom is 0.319 e. The highest BCUT2D eigenvalue weighted by Crippen LogP contribution is 2.30. The van der Waals surface area contributed by atoms with Crippen LogP contribution in [0.25, 0.3) is 11.4 Å². The number of benzene rings is 1. The Hall–Kier alpha value is -2.42. The highest BCUT2D eigenvalue weighted by atomic mass is 32.2. The largest absolute Gasteiger partial charge is 0.465 e. The van der Waals surface area contributed by atoms with Gasteiger partial charge in [0.1, 0.15) is 5.25 Å². The second-order valence-electron chi connectivity index (χ2n) is 4.74. The summed E-state index contributed by atoms with van der Waals surface area (Å²) in [5, 5.41) is 19.3. The minimum atomic E-state index is -0.454. The number of nitro benzene ring substituents is 1. The molecule has 1 aliphatic rings. The molecule has 1 atom stereocenters. The van der Waals surface area contributed by atoms with Crippen LogP contribution in [-0.2, 0) is 16.6 Å². The Morgan fingerprint density at radius 3 is 2.95 bits per heavy atom. The minimum Gasteiger partial charge on any atom is -0.465 e. The lowest BCUT2D eigenvalue weighted by atomic mass is 10.2. The maximum atomic E-state index is 11.5. The van der Waals surface area contributed by atoms with E-state index in [1.807, 2.05) is 0 Å². The highest BCUT2D eigenvalue weighted by molar-refractivity contribution is 8.00. The third-order valence-corrected chi connectivity index (χ3v) is 4.56. The van der Waals surface area contributed by atoms with Gasteiger partial charge in [-0.3, -0.25) is 14.9 Å². The van der Waals surface area contributed by atoms with Crippen LogP contribution in [0.2, 0.25) is 0 Å². The third kappa shape index (κ3) is 2.67. The molecule has 8 nitrogen and oxygen atoms in total. The summed E-state index contributed by atoms with van der Waals surface area (Å²) in [6, 6.07) is 6.20. The number of esters is 1. The average Bonchev–Trinajstić information content (AvgIpc) is 3.07. The van der Waals surface area contributed by atoms with Gasteiger partial charge in [0.25, 0.3) is 5.69 Å². The second-order valence-corrected chi connectivity index (χ2v) is 5.91. The van der Waals surface area contributed by atoms with Crippen molar-refractivity contribution in [2.75, 3.05) is 6.61 Å². The van der Waals surface area contributed by atoms with E-state index in [-0.39, 0.29) is 16.9 Å². The molecular weight excluding hydrogens is 308 g/mol. The van der Waals surface area contributed by atoms with Crippen LogP contribution in [0.1, 0.15) is 6.42 Å². The molecule has 0 bridgehead atoms. The molecule has 1 aromatic heterocycles. The fourth-order valence-electron chi connectivity index (χ4n) is 2.14. The lowest BCUT2D eigenvalue weighted by molar-refractivity contribution is -0.384. The number of cyclic esters (lactones) is 1. The van der Waals surface area contributed by atoms with E-state index in [1.165, 1.54) is 23.9 Å². The molecule has 22 heavy (non-hydrogen) atoms. The molecule has 0 aliphatic carbocycles. The third-order valence-electron chi connectivity index (χ3n) is 3.28. The standard InChI is InChI=1S/C13H12N4O4S/c1-16-11(8-3-2-4-9(7-8)17(19)20)14-15-13(16)22-10-5-6-21-12(10)18/h2-4,7,10H,5-6H2,1H3. The molecule has 2 heterocycles. The molecular formula is C13H12N4O4S. The molecule has 0 radical (unpaired) electrons. The fourth-order valence-corrected chi connectivity index (χ4v) is 3.10. The van der Waals surface area contributed by atoms with Crippen LogP contribution in [-0.4, -0.2) is 37.5 Å². The lowest BCUT2D eigenvalue weighted by Crippen LogP contribution is -2.10. The summed E-state index contributed by atoms with van der Waals surface area (Å²) in [4.78, 5) is 21.9. The molecule has 1 aromatic carbocycles. The van der Waals surface area contributed by atoms with E-state index >= 15 is 0 Å². The maximum absolute atomic E-state index is 11.5. The van der Waals surface area contributed by atoms with Crippen LogP contribution in [0.3, 0.4) is 0 Å². The van der Waals surface area contributed by atoms with Gasteiger partial charge in [-0.1, -0.05) is 23.9 Å². The van der Waals surface area contributed by atoms with Crippen LogP contribution >= 0.6 is 11.8 Å². The average molecular weight is 320 g/mol. The summed E-state index contributed by atoms with van der Waals surface area (Å²) >= 11 is 1.29. The number of non-ortho nitro benzene ring substituents is 1. The first-order valence-corrected chi connectivity index (χ1v) is 7.42. The Balaban J connectivity index is 1.88. The van der Waals surface area contributed by atoms with Crippen molar-refractivity contribution in [2.45, 2.75) is 16.8 Å². The zero-order valence-corrected chi connectivity index (χ0v) is 12.4. The Morgan fingerprint density at radius 2 is 2.27 bits per heavy atom. The molecule has 9 heteroatoms. The van der Waals surface area contributed by atoms with Gasteiger partial charge in [-0.2, -0.15) is 0 Å². The van der Waals surface area contributed by atoms with Gasteiger partial charge in [0, 0.05) is 31.2 Å². The SMILES string of the molecule is Cn1c(SC2CCOC2=O)nnc1-c1cccc([N+](=O)[O-])c1. The second kappa shape index (κ2) is 5.76. The van der Waals surface area contributed by atoms with E-state index in [0.29, 0.717) is 29.6 Å². The lowest BCUT2D eigenvalue weighted by Gasteiger charge is -2.06. The molecule has 0 saturated carbocycles. The van der Waals surface area contributed by atoms with Crippen LogP contribution in [0.5, 0.6) is 0 Å². The summed E-state index contributed by atoms with van der Waals surface area (Å²) in [5.74, 6) is 0.266. The number of ether oxygens (including phenoxy) is 1. The predicted molar refractivity (Wildman–Crippen MR) is 78.3 cm³/mol. The molecule has 1 aliphatic heterocycles. The number of carbonyl (C=O) groups is 1. The minimum absolute atomic E-state index is 0.00549. The van der Waals surface area contributed by atoms with Crippen LogP contribution in [0.4, 0.5) is 5.69 Å². The first-order valence-electron chi connectivity index (χ1n) is 6.54. The molecule has 0 amide bonds. The first kappa shape index (κ1) is 14.5. The zero-order valence-electron chi connectivity index (χ0n) is 11.6. The molecule has 2 aromatic rings. The number of nitrogens with zero attached hydrogens (tertiary/aromatic N) is 4. The Morgan fingerprint density at radius 1 is 1.45 bits per heavy atom. The van der Waals surface area contributed by atoms with Gasteiger partial charge in [0.2, 0.25) is 0 Å². The number of carbonyl (C=O) groups excluding carboxylic acids is 1. The van der Waals surface area contributed by atoms with Crippen molar-refractivity contribution in [3.8, 4) is 11.4 Å². The van der Waals surface area contributed by atoms with Gasteiger partial charge in [0.15, 0.2) is 11.0 Å². The quantitative estimate of drug-likeness (QED) is 0.481. The number of aromatic nitrogens is 3. The molecule has 0 N–H and O–H groups in total. The molecule has 0 spiro atoms. The van der Waals surface area contributed by atoms with Crippen LogP contribution < -0.4 is 0 Å². The van der Waals surface area contributed by atoms with E-state index in [2.05, 4.69) is 10.2 Å². The monoisotopic (exact) mass is 320 g/mol. The van der Waals surface area contributed by atoms with Gasteiger partial charge in [0.05, 0.1) is 11.5 Å². The number of rotatable bonds is 4. The molecule has 1 unspecified atom stereocenters. The van der Waals surface area contributed by atoms with Crippen molar-refractivity contribution in [3.05, 3.63) is 34.4 Å². The zero-order chi connectivity index (χ0) is 15.7. The molecule has 1 fully saturated rings. The normalized spacial score (nSPS) is 17.5. The van der Waals surface area contributed by atoms with Gasteiger partial charge in [-0.25, -0.2) is 0 Å². The van der Waals surface area contributed by atoms with Crippen molar-refractivity contribution in [2.24, 2.45) is 7.05 Å². The van der Waals surface area contributed by atoms with E-state index in [9.17, 15) is 14.9 Å². The Labute approximate surface area is 129 Å². The number of thioether (sulfide) groups is 1. The smallest absolute Gasteiger partial charge is 0.319 e. The van der Waals surface area contributed by atoms with Gasteiger partial charge in [-0.15, -0.1) is 10.2 Å². The number of hydrogen-bond acceptors (Lipinski definition) is 7. The summed E-state index contributed by atoms with van der Waals surface area (Å²) < 4.78 is 6.64. The topological polar surface area (TPSA) is 100 Å². The Kier molecular flexibility index (Phi) is 3.80. The van der Waals surface area contributed by atoms with Gasteiger partial charge < -0.3 is 9.30 Å². The number of hydrogen-bond donors (Lipinski definition) is 0. The molecule has 1 saturated heterocycles. The van der Waals surface area contributed by atoms with Crippen LogP contribution in [0, 0.1) is 10.1 Å². The number of nitro groups is 1.